The molecule has 3 N–H and O–H groups in total. The van der Waals surface area contributed by atoms with Crippen LogP contribution in [0.1, 0.15) is 44.9 Å². The molecule has 3 atom stereocenters. The molecule has 1 saturated heterocycles. The van der Waals surface area contributed by atoms with Gasteiger partial charge in [-0.2, -0.15) is 0 Å². The van der Waals surface area contributed by atoms with E-state index in [-0.39, 0.29) is 18.6 Å². The van der Waals surface area contributed by atoms with Crippen molar-refractivity contribution in [2.45, 2.75) is 57.0 Å². The van der Waals surface area contributed by atoms with Crippen LogP contribution < -0.4 is 10.6 Å². The Labute approximate surface area is 103 Å². The van der Waals surface area contributed by atoms with Gasteiger partial charge in [0.2, 0.25) is 5.91 Å². The topological polar surface area (TPSA) is 61.4 Å². The van der Waals surface area contributed by atoms with Gasteiger partial charge in [-0.1, -0.05) is 12.8 Å². The SMILES string of the molecule is O=C(NCCCCO)C1CC2CCCCC2N1. The molecule has 0 aromatic rings. The molecular weight excluding hydrogens is 216 g/mol. The lowest BCUT2D eigenvalue weighted by Crippen LogP contribution is -2.43. The number of aliphatic hydroxyl groups is 1. The summed E-state index contributed by atoms with van der Waals surface area (Å²) in [7, 11) is 0. The molecule has 0 spiro atoms. The predicted octanol–water partition coefficient (Wildman–Crippen LogP) is 0.796. The van der Waals surface area contributed by atoms with E-state index < -0.39 is 0 Å². The molecule has 4 heteroatoms. The van der Waals surface area contributed by atoms with Crippen LogP contribution in [0.3, 0.4) is 0 Å². The van der Waals surface area contributed by atoms with E-state index in [9.17, 15) is 4.79 Å². The maximum Gasteiger partial charge on any atom is 0.237 e. The minimum Gasteiger partial charge on any atom is -0.396 e. The second-order valence-electron chi connectivity index (χ2n) is 5.33. The largest absolute Gasteiger partial charge is 0.396 e. The van der Waals surface area contributed by atoms with Gasteiger partial charge in [0.05, 0.1) is 6.04 Å². The van der Waals surface area contributed by atoms with E-state index >= 15 is 0 Å². The molecule has 0 radical (unpaired) electrons. The van der Waals surface area contributed by atoms with Crippen molar-refractivity contribution in [1.29, 1.82) is 0 Å². The number of hydrogen-bond donors (Lipinski definition) is 3. The van der Waals surface area contributed by atoms with E-state index in [2.05, 4.69) is 10.6 Å². The van der Waals surface area contributed by atoms with Crippen LogP contribution in [0.4, 0.5) is 0 Å². The first-order chi connectivity index (χ1) is 8.31. The van der Waals surface area contributed by atoms with Gasteiger partial charge in [-0.05, 0) is 38.0 Å². The molecule has 1 aliphatic carbocycles. The van der Waals surface area contributed by atoms with E-state index in [1.165, 1.54) is 25.7 Å². The Bertz CT molecular complexity index is 244. The van der Waals surface area contributed by atoms with Crippen LogP contribution in [-0.4, -0.2) is 36.2 Å². The van der Waals surface area contributed by atoms with Gasteiger partial charge in [-0.15, -0.1) is 0 Å². The lowest BCUT2D eigenvalue weighted by atomic mass is 9.85. The fourth-order valence-electron chi connectivity index (χ4n) is 3.09. The van der Waals surface area contributed by atoms with Crippen molar-refractivity contribution in [3.8, 4) is 0 Å². The zero-order valence-corrected chi connectivity index (χ0v) is 10.5. The van der Waals surface area contributed by atoms with Gasteiger partial charge < -0.3 is 15.7 Å². The Morgan fingerprint density at radius 1 is 1.29 bits per heavy atom. The second kappa shape index (κ2) is 6.36. The average molecular weight is 240 g/mol. The van der Waals surface area contributed by atoms with Crippen LogP contribution in [0.5, 0.6) is 0 Å². The van der Waals surface area contributed by atoms with Crippen LogP contribution in [0.2, 0.25) is 0 Å². The van der Waals surface area contributed by atoms with E-state index in [1.54, 1.807) is 0 Å². The summed E-state index contributed by atoms with van der Waals surface area (Å²) < 4.78 is 0. The molecule has 0 bridgehead atoms. The summed E-state index contributed by atoms with van der Waals surface area (Å²) >= 11 is 0. The van der Waals surface area contributed by atoms with Gasteiger partial charge in [0.15, 0.2) is 0 Å². The van der Waals surface area contributed by atoms with E-state index in [0.29, 0.717) is 12.6 Å². The van der Waals surface area contributed by atoms with Gasteiger partial charge in [0.25, 0.3) is 0 Å². The number of hydrogen-bond acceptors (Lipinski definition) is 3. The van der Waals surface area contributed by atoms with Gasteiger partial charge in [0.1, 0.15) is 0 Å². The number of amides is 1. The highest BCUT2D eigenvalue weighted by molar-refractivity contribution is 5.82. The van der Waals surface area contributed by atoms with E-state index in [0.717, 1.165) is 25.2 Å². The lowest BCUT2D eigenvalue weighted by molar-refractivity contribution is -0.122. The third kappa shape index (κ3) is 3.42. The van der Waals surface area contributed by atoms with E-state index in [4.69, 9.17) is 5.11 Å². The van der Waals surface area contributed by atoms with Crippen LogP contribution in [0.25, 0.3) is 0 Å². The molecule has 17 heavy (non-hydrogen) atoms. The smallest absolute Gasteiger partial charge is 0.237 e. The molecule has 2 fully saturated rings. The molecule has 0 aromatic carbocycles. The molecule has 1 amide bonds. The molecular formula is C13H24N2O2. The Kier molecular flexibility index (Phi) is 4.80. The van der Waals surface area contributed by atoms with Crippen LogP contribution >= 0.6 is 0 Å². The van der Waals surface area contributed by atoms with Crippen molar-refractivity contribution < 1.29 is 9.90 Å². The number of fused-ring (bicyclic) bond motifs is 1. The monoisotopic (exact) mass is 240 g/mol. The zero-order chi connectivity index (χ0) is 12.1. The van der Waals surface area contributed by atoms with Gasteiger partial charge >= 0.3 is 0 Å². The quantitative estimate of drug-likeness (QED) is 0.623. The van der Waals surface area contributed by atoms with Crippen LogP contribution in [0.15, 0.2) is 0 Å². The Balaban J connectivity index is 1.70. The Morgan fingerprint density at radius 2 is 2.12 bits per heavy atom. The Hall–Kier alpha value is -0.610. The normalized spacial score (nSPS) is 32.2. The molecule has 4 nitrogen and oxygen atoms in total. The van der Waals surface area contributed by atoms with Crippen molar-refractivity contribution in [3.63, 3.8) is 0 Å². The average Bonchev–Trinajstić information content (AvgIpc) is 2.78. The lowest BCUT2D eigenvalue weighted by Gasteiger charge is -2.24. The van der Waals surface area contributed by atoms with Crippen molar-refractivity contribution >= 4 is 5.91 Å². The molecule has 98 valence electrons. The summed E-state index contributed by atoms with van der Waals surface area (Å²) in [6.45, 7) is 0.897. The molecule has 2 aliphatic rings. The molecule has 1 saturated carbocycles. The van der Waals surface area contributed by atoms with Crippen LogP contribution in [-0.2, 0) is 4.79 Å². The van der Waals surface area contributed by atoms with E-state index in [1.807, 2.05) is 0 Å². The first kappa shape index (κ1) is 12.8. The standard InChI is InChI=1S/C13H24N2O2/c16-8-4-3-7-14-13(17)12-9-10-5-1-2-6-11(10)15-12/h10-12,15-16H,1-9H2,(H,14,17). The summed E-state index contributed by atoms with van der Waals surface area (Å²) in [5, 5.41) is 15.1. The van der Waals surface area contributed by atoms with Crippen molar-refractivity contribution in [3.05, 3.63) is 0 Å². The highest BCUT2D eigenvalue weighted by atomic mass is 16.2. The number of carbonyl (C=O) groups excluding carboxylic acids is 1. The Morgan fingerprint density at radius 3 is 2.88 bits per heavy atom. The summed E-state index contributed by atoms with van der Waals surface area (Å²) in [4.78, 5) is 11.9. The predicted molar refractivity (Wildman–Crippen MR) is 66.6 cm³/mol. The summed E-state index contributed by atoms with van der Waals surface area (Å²) in [6, 6.07) is 0.606. The summed E-state index contributed by atoms with van der Waals surface area (Å²) in [5.41, 5.74) is 0. The minimum atomic E-state index is 0.0252. The number of rotatable bonds is 5. The number of nitrogens with one attached hydrogen (secondary N) is 2. The minimum absolute atomic E-state index is 0.0252. The summed E-state index contributed by atoms with van der Waals surface area (Å²) in [5.74, 6) is 0.870. The third-order valence-corrected chi connectivity index (χ3v) is 4.06. The molecule has 2 rings (SSSR count). The van der Waals surface area contributed by atoms with Gasteiger partial charge in [0, 0.05) is 19.2 Å². The number of carbonyl (C=O) groups is 1. The fourth-order valence-corrected chi connectivity index (χ4v) is 3.09. The van der Waals surface area contributed by atoms with Crippen LogP contribution in [0, 0.1) is 5.92 Å². The maximum atomic E-state index is 11.9. The second-order valence-corrected chi connectivity index (χ2v) is 5.33. The molecule has 3 unspecified atom stereocenters. The number of unbranched alkanes of at least 4 members (excludes halogenated alkanes) is 1. The third-order valence-electron chi connectivity index (χ3n) is 4.06. The molecule has 1 heterocycles. The molecule has 0 aromatic heterocycles. The fraction of sp³-hybridized carbons (Fsp3) is 0.923. The van der Waals surface area contributed by atoms with Crippen molar-refractivity contribution in [2.24, 2.45) is 5.92 Å². The number of aliphatic hydroxyl groups excluding tert-OH is 1. The highest BCUT2D eigenvalue weighted by Gasteiger charge is 2.37. The zero-order valence-electron chi connectivity index (χ0n) is 10.5. The highest BCUT2D eigenvalue weighted by Crippen LogP contribution is 2.33. The van der Waals surface area contributed by atoms with Gasteiger partial charge in [-0.3, -0.25) is 4.79 Å². The first-order valence-electron chi connectivity index (χ1n) is 6.96. The maximum absolute atomic E-state index is 11.9. The summed E-state index contributed by atoms with van der Waals surface area (Å²) in [6.07, 6.45) is 7.79. The van der Waals surface area contributed by atoms with Crippen molar-refractivity contribution in [2.75, 3.05) is 13.2 Å². The first-order valence-corrected chi connectivity index (χ1v) is 6.96. The van der Waals surface area contributed by atoms with Gasteiger partial charge in [-0.25, -0.2) is 0 Å². The van der Waals surface area contributed by atoms with Crippen molar-refractivity contribution in [1.82, 2.24) is 10.6 Å². The molecule has 1 aliphatic heterocycles.